The fourth-order valence-electron chi connectivity index (χ4n) is 3.09. The Morgan fingerprint density at radius 1 is 0.966 bits per heavy atom. The van der Waals surface area contributed by atoms with Crippen LogP contribution in [0.3, 0.4) is 0 Å². The van der Waals surface area contributed by atoms with E-state index in [0.29, 0.717) is 27.1 Å². The van der Waals surface area contributed by atoms with E-state index in [2.05, 4.69) is 10.6 Å². The second-order valence-corrected chi connectivity index (χ2v) is 7.90. The number of fused-ring (bicyclic) bond motifs is 1. The molecule has 1 aromatic heterocycles. The van der Waals surface area contributed by atoms with Crippen LogP contribution in [-0.4, -0.2) is 12.3 Å². The molecule has 0 radical (unpaired) electrons. The van der Waals surface area contributed by atoms with Crippen molar-refractivity contribution < 1.29 is 9.21 Å². The van der Waals surface area contributed by atoms with E-state index in [1.54, 1.807) is 36.0 Å². The van der Waals surface area contributed by atoms with Gasteiger partial charge in [0.15, 0.2) is 0 Å². The third-order valence-electron chi connectivity index (χ3n) is 4.38. The van der Waals surface area contributed by atoms with Crippen molar-refractivity contribution in [3.8, 4) is 11.1 Å². The summed E-state index contributed by atoms with van der Waals surface area (Å²) in [5.41, 5.74) is 2.75. The third-order valence-corrected chi connectivity index (χ3v) is 5.74. The number of halogens is 2. The van der Waals surface area contributed by atoms with Crippen LogP contribution in [0.15, 0.2) is 76.0 Å². The van der Waals surface area contributed by atoms with E-state index in [1.165, 1.54) is 0 Å². The first-order valence-corrected chi connectivity index (χ1v) is 10.7. The molecule has 4 nitrogen and oxygen atoms in total. The standard InChI is InChI=1S/C22H16Cl2N2O2S/c1-29-19-9-5-4-8-17(19)25-22(27)26-21-20(14-6-2-3-7-16(14)24)15-12-13(23)10-11-18(15)28-21/h2-12H,1H3,(H2,25,26,27). The molecule has 0 aliphatic rings. The number of amides is 2. The molecule has 4 rings (SSSR count). The molecule has 7 heteroatoms. The molecule has 2 N–H and O–H groups in total. The molecular weight excluding hydrogens is 427 g/mol. The Kier molecular flexibility index (Phi) is 5.72. The summed E-state index contributed by atoms with van der Waals surface area (Å²) in [5, 5.41) is 7.57. The van der Waals surface area contributed by atoms with Crippen LogP contribution in [0.25, 0.3) is 22.1 Å². The summed E-state index contributed by atoms with van der Waals surface area (Å²) in [6.45, 7) is 0. The average molecular weight is 443 g/mol. The quantitative estimate of drug-likeness (QED) is 0.317. The first-order chi connectivity index (χ1) is 14.1. The van der Waals surface area contributed by atoms with Crippen molar-refractivity contribution in [3.63, 3.8) is 0 Å². The van der Waals surface area contributed by atoms with Gasteiger partial charge in [-0.1, -0.05) is 53.5 Å². The highest BCUT2D eigenvalue weighted by Gasteiger charge is 2.20. The average Bonchev–Trinajstić information content (AvgIpc) is 3.05. The lowest BCUT2D eigenvalue weighted by Crippen LogP contribution is -2.19. The molecule has 4 aromatic rings. The second kappa shape index (κ2) is 8.41. The molecular formula is C22H16Cl2N2O2S. The van der Waals surface area contributed by atoms with Gasteiger partial charge in [0, 0.05) is 25.9 Å². The number of anilines is 2. The number of hydrogen-bond acceptors (Lipinski definition) is 3. The maximum Gasteiger partial charge on any atom is 0.326 e. The summed E-state index contributed by atoms with van der Waals surface area (Å²) >= 11 is 14.2. The zero-order valence-corrected chi connectivity index (χ0v) is 17.7. The fraction of sp³-hybridized carbons (Fsp3) is 0.0455. The summed E-state index contributed by atoms with van der Waals surface area (Å²) < 4.78 is 5.93. The topological polar surface area (TPSA) is 54.3 Å². The highest BCUT2D eigenvalue weighted by molar-refractivity contribution is 7.98. The number of benzene rings is 3. The number of rotatable bonds is 4. The molecule has 0 unspecified atom stereocenters. The smallest absolute Gasteiger partial charge is 0.326 e. The van der Waals surface area contributed by atoms with E-state index in [0.717, 1.165) is 21.5 Å². The minimum absolute atomic E-state index is 0.300. The van der Waals surface area contributed by atoms with Gasteiger partial charge in [0.25, 0.3) is 0 Å². The highest BCUT2D eigenvalue weighted by Crippen LogP contribution is 2.42. The third kappa shape index (κ3) is 4.08. The van der Waals surface area contributed by atoms with E-state index < -0.39 is 6.03 Å². The van der Waals surface area contributed by atoms with Crippen LogP contribution >= 0.6 is 35.0 Å². The van der Waals surface area contributed by atoms with Crippen molar-refractivity contribution in [2.45, 2.75) is 4.90 Å². The number of nitrogens with one attached hydrogen (secondary N) is 2. The van der Waals surface area contributed by atoms with E-state index >= 15 is 0 Å². The SMILES string of the molecule is CSc1ccccc1NC(=O)Nc1oc2ccc(Cl)cc2c1-c1ccccc1Cl. The van der Waals surface area contributed by atoms with Crippen molar-refractivity contribution >= 4 is 63.5 Å². The van der Waals surface area contributed by atoms with E-state index in [4.69, 9.17) is 27.6 Å². The number of hydrogen-bond donors (Lipinski definition) is 2. The van der Waals surface area contributed by atoms with Gasteiger partial charge in [0.05, 0.1) is 11.3 Å². The molecule has 0 saturated carbocycles. The number of para-hydroxylation sites is 1. The molecule has 1 heterocycles. The van der Waals surface area contributed by atoms with Gasteiger partial charge in [-0.3, -0.25) is 5.32 Å². The summed E-state index contributed by atoms with van der Waals surface area (Å²) in [4.78, 5) is 13.7. The van der Waals surface area contributed by atoms with Crippen LogP contribution in [0.4, 0.5) is 16.4 Å². The molecule has 0 aliphatic heterocycles. The Balaban J connectivity index is 1.75. The normalized spacial score (nSPS) is 10.9. The van der Waals surface area contributed by atoms with Gasteiger partial charge in [0.2, 0.25) is 5.88 Å². The van der Waals surface area contributed by atoms with E-state index in [1.807, 2.05) is 48.7 Å². The molecule has 0 saturated heterocycles. The van der Waals surface area contributed by atoms with Gasteiger partial charge in [-0.25, -0.2) is 4.79 Å². The first kappa shape index (κ1) is 19.7. The highest BCUT2D eigenvalue weighted by atomic mass is 35.5. The van der Waals surface area contributed by atoms with Gasteiger partial charge in [-0.15, -0.1) is 11.8 Å². The Morgan fingerprint density at radius 2 is 1.72 bits per heavy atom. The van der Waals surface area contributed by atoms with Crippen LogP contribution in [0.5, 0.6) is 0 Å². The largest absolute Gasteiger partial charge is 0.440 e. The lowest BCUT2D eigenvalue weighted by atomic mass is 10.0. The monoisotopic (exact) mass is 442 g/mol. The van der Waals surface area contributed by atoms with Crippen molar-refractivity contribution in [3.05, 3.63) is 76.8 Å². The van der Waals surface area contributed by atoms with Gasteiger partial charge in [-0.2, -0.15) is 0 Å². The molecule has 0 atom stereocenters. The van der Waals surface area contributed by atoms with Crippen LogP contribution in [-0.2, 0) is 0 Å². The molecule has 146 valence electrons. The van der Waals surface area contributed by atoms with E-state index in [-0.39, 0.29) is 0 Å². The van der Waals surface area contributed by atoms with Crippen molar-refractivity contribution in [1.29, 1.82) is 0 Å². The number of urea groups is 1. The molecule has 0 aliphatic carbocycles. The predicted molar refractivity (Wildman–Crippen MR) is 123 cm³/mol. The Hall–Kier alpha value is -2.60. The fourth-order valence-corrected chi connectivity index (χ4v) is 4.05. The zero-order valence-electron chi connectivity index (χ0n) is 15.3. The Bertz CT molecular complexity index is 1210. The molecule has 2 amide bonds. The molecule has 3 aromatic carbocycles. The first-order valence-electron chi connectivity index (χ1n) is 8.75. The minimum Gasteiger partial charge on any atom is -0.440 e. The van der Waals surface area contributed by atoms with Crippen molar-refractivity contribution in [2.75, 3.05) is 16.9 Å². The van der Waals surface area contributed by atoms with Gasteiger partial charge >= 0.3 is 6.03 Å². The number of carbonyl (C=O) groups excluding carboxylic acids is 1. The molecule has 0 fully saturated rings. The van der Waals surface area contributed by atoms with Crippen LogP contribution in [0, 0.1) is 0 Å². The van der Waals surface area contributed by atoms with Crippen LogP contribution in [0.2, 0.25) is 10.0 Å². The number of carbonyl (C=O) groups is 1. The molecule has 0 bridgehead atoms. The second-order valence-electron chi connectivity index (χ2n) is 6.21. The Morgan fingerprint density at radius 3 is 2.52 bits per heavy atom. The van der Waals surface area contributed by atoms with Gasteiger partial charge in [0.1, 0.15) is 5.58 Å². The minimum atomic E-state index is -0.412. The van der Waals surface area contributed by atoms with E-state index in [9.17, 15) is 4.79 Å². The summed E-state index contributed by atoms with van der Waals surface area (Å²) in [6.07, 6.45) is 1.96. The zero-order chi connectivity index (χ0) is 20.4. The Labute approximate surface area is 182 Å². The summed E-state index contributed by atoms with van der Waals surface area (Å²) in [6, 6.07) is 19.9. The maximum absolute atomic E-state index is 12.7. The lowest BCUT2D eigenvalue weighted by Gasteiger charge is -2.11. The number of thioether (sulfide) groups is 1. The lowest BCUT2D eigenvalue weighted by molar-refractivity contribution is 0.261. The summed E-state index contributed by atoms with van der Waals surface area (Å²) in [5.74, 6) is 0.300. The molecule has 0 spiro atoms. The predicted octanol–water partition coefficient (Wildman–Crippen LogP) is 7.77. The molecule has 29 heavy (non-hydrogen) atoms. The number of furan rings is 1. The summed E-state index contributed by atoms with van der Waals surface area (Å²) in [7, 11) is 0. The van der Waals surface area contributed by atoms with Gasteiger partial charge in [-0.05, 0) is 42.7 Å². The van der Waals surface area contributed by atoms with Crippen LogP contribution < -0.4 is 10.6 Å². The van der Waals surface area contributed by atoms with Crippen molar-refractivity contribution in [1.82, 2.24) is 0 Å². The maximum atomic E-state index is 12.7. The van der Waals surface area contributed by atoms with Gasteiger partial charge < -0.3 is 9.73 Å². The van der Waals surface area contributed by atoms with Crippen LogP contribution in [0.1, 0.15) is 0 Å². The van der Waals surface area contributed by atoms with Crippen molar-refractivity contribution in [2.24, 2.45) is 0 Å².